The van der Waals surface area contributed by atoms with Gasteiger partial charge in [0.25, 0.3) is 5.91 Å². The minimum absolute atomic E-state index is 0.0994. The van der Waals surface area contributed by atoms with E-state index in [1.165, 1.54) is 34.6 Å². The first-order chi connectivity index (χ1) is 16.6. The van der Waals surface area contributed by atoms with Gasteiger partial charge in [0.1, 0.15) is 21.7 Å². The van der Waals surface area contributed by atoms with E-state index in [-0.39, 0.29) is 51.1 Å². The fraction of sp³-hybridized carbons (Fsp3) is 0.393. The highest BCUT2D eigenvalue weighted by molar-refractivity contribution is 9.10. The molecule has 6 nitrogen and oxygen atoms in total. The van der Waals surface area contributed by atoms with Crippen molar-refractivity contribution < 1.29 is 20.1 Å². The molecule has 1 unspecified atom stereocenters. The van der Waals surface area contributed by atoms with Gasteiger partial charge in [-0.15, -0.1) is 0 Å². The van der Waals surface area contributed by atoms with Gasteiger partial charge in [0.2, 0.25) is 0 Å². The second kappa shape index (κ2) is 11.7. The third-order valence-corrected chi connectivity index (χ3v) is 7.14. The predicted octanol–water partition coefficient (Wildman–Crippen LogP) is 7.77. The Morgan fingerprint density at radius 3 is 2.54 bits per heavy atom. The van der Waals surface area contributed by atoms with Gasteiger partial charge in [0.15, 0.2) is 5.75 Å². The number of hydrogen-bond acceptors (Lipinski definition) is 5. The largest absolute Gasteiger partial charge is 0.507 e. The Labute approximate surface area is 216 Å². The molecular formula is C28H35BrN2O4. The lowest BCUT2D eigenvalue weighted by molar-refractivity contribution is 0.0991. The molecule has 1 heterocycles. The number of para-hydroxylation sites is 1. The molecule has 4 N–H and O–H groups in total. The zero-order chi connectivity index (χ0) is 25.7. The standard InChI is InChI=1S/C28H35BrN2O4/c1-17(2)8-5-9-18(3)10-6-11-19(4)14-15-31-21-16-23(33)24(29)27(34)26(21)30-25-20(28(31)35)12-7-13-22(25)32/h7-8,12-14,16,18,30,32-34H,5-6,9-11,15H2,1-4H3/b19-14+. The van der Waals surface area contributed by atoms with Gasteiger partial charge in [0, 0.05) is 12.6 Å². The number of anilines is 3. The van der Waals surface area contributed by atoms with Crippen LogP contribution in [0, 0.1) is 5.92 Å². The van der Waals surface area contributed by atoms with Crippen molar-refractivity contribution in [2.45, 2.75) is 59.8 Å². The maximum atomic E-state index is 13.5. The molecule has 0 bridgehead atoms. The summed E-state index contributed by atoms with van der Waals surface area (Å²) in [5.74, 6) is -0.189. The number of aromatic hydroxyl groups is 3. The molecule has 0 aliphatic carbocycles. The highest BCUT2D eigenvalue weighted by Crippen LogP contribution is 2.50. The third-order valence-electron chi connectivity index (χ3n) is 6.36. The number of nitrogens with zero attached hydrogens (tertiary/aromatic N) is 1. The van der Waals surface area contributed by atoms with Crippen LogP contribution in [0.15, 0.2) is 52.0 Å². The van der Waals surface area contributed by atoms with Crippen molar-refractivity contribution in [2.24, 2.45) is 5.92 Å². The van der Waals surface area contributed by atoms with E-state index in [1.807, 2.05) is 6.08 Å². The molecule has 0 fully saturated rings. The number of carbonyl (C=O) groups is 1. The van der Waals surface area contributed by atoms with Crippen LogP contribution >= 0.6 is 15.9 Å². The zero-order valence-corrected chi connectivity index (χ0v) is 22.4. The lowest BCUT2D eigenvalue weighted by Crippen LogP contribution is -2.30. The maximum Gasteiger partial charge on any atom is 0.260 e. The molecule has 2 aromatic carbocycles. The minimum Gasteiger partial charge on any atom is -0.507 e. The van der Waals surface area contributed by atoms with Crippen LogP contribution in [0.5, 0.6) is 17.2 Å². The van der Waals surface area contributed by atoms with Gasteiger partial charge in [-0.25, -0.2) is 0 Å². The average molecular weight is 544 g/mol. The van der Waals surface area contributed by atoms with Gasteiger partial charge in [-0.1, -0.05) is 42.7 Å². The first-order valence-corrected chi connectivity index (χ1v) is 12.8. The van der Waals surface area contributed by atoms with Crippen LogP contribution in [-0.4, -0.2) is 27.8 Å². The lowest BCUT2D eigenvalue weighted by Gasteiger charge is -2.23. The summed E-state index contributed by atoms with van der Waals surface area (Å²) in [5, 5.41) is 34.4. The van der Waals surface area contributed by atoms with E-state index in [0.717, 1.165) is 25.7 Å². The fourth-order valence-corrected chi connectivity index (χ4v) is 4.56. The molecule has 188 valence electrons. The van der Waals surface area contributed by atoms with Gasteiger partial charge in [-0.3, -0.25) is 4.79 Å². The Kier molecular flexibility index (Phi) is 8.89. The van der Waals surface area contributed by atoms with E-state index in [9.17, 15) is 20.1 Å². The molecule has 1 amide bonds. The summed E-state index contributed by atoms with van der Waals surface area (Å²) in [7, 11) is 0. The first kappa shape index (κ1) is 26.7. The van der Waals surface area contributed by atoms with Crippen LogP contribution in [0.1, 0.15) is 70.2 Å². The van der Waals surface area contributed by atoms with Crippen molar-refractivity contribution in [3.05, 3.63) is 57.6 Å². The Hall–Kier alpha value is -2.93. The Morgan fingerprint density at radius 1 is 1.09 bits per heavy atom. The summed E-state index contributed by atoms with van der Waals surface area (Å²) in [6.07, 6.45) is 9.78. The van der Waals surface area contributed by atoms with Crippen molar-refractivity contribution in [3.8, 4) is 17.2 Å². The summed E-state index contributed by atoms with van der Waals surface area (Å²) in [4.78, 5) is 15.0. The number of allylic oxidation sites excluding steroid dienone is 3. The molecule has 1 aliphatic heterocycles. The number of fused-ring (bicyclic) bond motifs is 2. The molecule has 0 spiro atoms. The fourth-order valence-electron chi connectivity index (χ4n) is 4.24. The Bertz CT molecular complexity index is 1150. The van der Waals surface area contributed by atoms with Crippen LogP contribution < -0.4 is 10.2 Å². The number of rotatable bonds is 9. The maximum absolute atomic E-state index is 13.5. The van der Waals surface area contributed by atoms with Crippen molar-refractivity contribution >= 4 is 38.9 Å². The molecule has 2 aromatic rings. The molecule has 1 aliphatic rings. The number of benzene rings is 2. The molecule has 3 rings (SSSR count). The van der Waals surface area contributed by atoms with E-state index in [2.05, 4.69) is 55.0 Å². The highest BCUT2D eigenvalue weighted by atomic mass is 79.9. The lowest BCUT2D eigenvalue weighted by atomic mass is 9.97. The number of halogens is 1. The van der Waals surface area contributed by atoms with Gasteiger partial charge in [-0.2, -0.15) is 0 Å². The molecular weight excluding hydrogens is 508 g/mol. The summed E-state index contributed by atoms with van der Waals surface area (Å²) >= 11 is 3.18. The van der Waals surface area contributed by atoms with Crippen LogP contribution in [0.3, 0.4) is 0 Å². The van der Waals surface area contributed by atoms with Gasteiger partial charge >= 0.3 is 0 Å². The number of hydrogen-bond donors (Lipinski definition) is 4. The Morgan fingerprint density at radius 2 is 1.83 bits per heavy atom. The number of phenolic OH excluding ortho intramolecular Hbond substituents is 3. The normalized spacial score (nSPS) is 14.0. The summed E-state index contributed by atoms with van der Waals surface area (Å²) in [5.41, 5.74) is 3.61. The van der Waals surface area contributed by atoms with Gasteiger partial charge < -0.3 is 25.5 Å². The predicted molar refractivity (Wildman–Crippen MR) is 146 cm³/mol. The topological polar surface area (TPSA) is 93.0 Å². The van der Waals surface area contributed by atoms with Gasteiger partial charge in [-0.05, 0) is 80.4 Å². The molecule has 7 heteroatoms. The van der Waals surface area contributed by atoms with E-state index < -0.39 is 0 Å². The van der Waals surface area contributed by atoms with Crippen LogP contribution in [0.4, 0.5) is 17.1 Å². The van der Waals surface area contributed by atoms with Crippen molar-refractivity contribution in [1.82, 2.24) is 0 Å². The van der Waals surface area contributed by atoms with E-state index in [1.54, 1.807) is 12.1 Å². The van der Waals surface area contributed by atoms with Crippen LogP contribution in [0.25, 0.3) is 0 Å². The zero-order valence-electron chi connectivity index (χ0n) is 20.9. The monoisotopic (exact) mass is 542 g/mol. The van der Waals surface area contributed by atoms with Crippen molar-refractivity contribution in [1.29, 1.82) is 0 Å². The van der Waals surface area contributed by atoms with Crippen LogP contribution in [-0.2, 0) is 0 Å². The SMILES string of the molecule is CC(C)=CCCC(C)CCC/C(C)=C/CN1C(=O)c2cccc(O)c2Nc2c1cc(O)c(Br)c2O. The Balaban J connectivity index is 1.79. The highest BCUT2D eigenvalue weighted by Gasteiger charge is 2.31. The van der Waals surface area contributed by atoms with E-state index >= 15 is 0 Å². The molecule has 0 radical (unpaired) electrons. The molecule has 35 heavy (non-hydrogen) atoms. The number of amides is 1. The van der Waals surface area contributed by atoms with Crippen LogP contribution in [0.2, 0.25) is 0 Å². The molecule has 0 saturated carbocycles. The minimum atomic E-state index is -0.333. The molecule has 0 aromatic heterocycles. The van der Waals surface area contributed by atoms with Crippen molar-refractivity contribution in [3.63, 3.8) is 0 Å². The second-order valence-electron chi connectivity index (χ2n) is 9.60. The first-order valence-electron chi connectivity index (χ1n) is 12.0. The molecule has 1 atom stereocenters. The van der Waals surface area contributed by atoms with Gasteiger partial charge in [0.05, 0.1) is 16.9 Å². The number of nitrogens with one attached hydrogen (secondary N) is 1. The number of carbonyl (C=O) groups excluding carboxylic acids is 1. The van der Waals surface area contributed by atoms with E-state index in [0.29, 0.717) is 11.6 Å². The smallest absolute Gasteiger partial charge is 0.260 e. The third kappa shape index (κ3) is 6.40. The summed E-state index contributed by atoms with van der Waals surface area (Å²) in [6, 6.07) is 6.15. The van der Waals surface area contributed by atoms with E-state index in [4.69, 9.17) is 0 Å². The summed E-state index contributed by atoms with van der Waals surface area (Å²) in [6.45, 7) is 8.88. The molecule has 0 saturated heterocycles. The number of phenols is 3. The average Bonchev–Trinajstić information content (AvgIpc) is 2.91. The quantitative estimate of drug-likeness (QED) is 0.147. The second-order valence-corrected chi connectivity index (χ2v) is 10.4. The van der Waals surface area contributed by atoms with Crippen molar-refractivity contribution in [2.75, 3.05) is 16.8 Å². The summed E-state index contributed by atoms with van der Waals surface area (Å²) < 4.78 is 0.112.